The fourth-order valence-electron chi connectivity index (χ4n) is 3.76. The zero-order valence-corrected chi connectivity index (χ0v) is 13.9. The smallest absolute Gasteiger partial charge is 0.225 e. The average molecular weight is 317 g/mol. The minimum atomic E-state index is -0.423. The van der Waals surface area contributed by atoms with E-state index in [1.54, 1.807) is 0 Å². The summed E-state index contributed by atoms with van der Waals surface area (Å²) >= 11 is 0. The van der Waals surface area contributed by atoms with Gasteiger partial charge < -0.3 is 14.7 Å². The third-order valence-corrected chi connectivity index (χ3v) is 5.18. The van der Waals surface area contributed by atoms with E-state index in [1.807, 2.05) is 4.90 Å². The van der Waals surface area contributed by atoms with Crippen LogP contribution in [0.2, 0.25) is 0 Å². The summed E-state index contributed by atoms with van der Waals surface area (Å²) in [6.45, 7) is 4.71. The predicted molar refractivity (Wildman–Crippen MR) is 89.1 cm³/mol. The second kappa shape index (κ2) is 7.45. The first-order valence-electron chi connectivity index (χ1n) is 8.73. The molecule has 0 spiro atoms. The highest BCUT2D eigenvalue weighted by Gasteiger charge is 2.33. The number of piperidine rings is 1. The number of aliphatic hydroxyl groups excluding tert-OH is 1. The molecule has 2 aliphatic heterocycles. The van der Waals surface area contributed by atoms with Gasteiger partial charge in [-0.15, -0.1) is 0 Å². The summed E-state index contributed by atoms with van der Waals surface area (Å²) in [5, 5.41) is 10.5. The van der Waals surface area contributed by atoms with Gasteiger partial charge in [-0.3, -0.25) is 4.79 Å². The molecule has 1 aromatic rings. The Morgan fingerprint density at radius 1 is 1.30 bits per heavy atom. The maximum Gasteiger partial charge on any atom is 0.225 e. The van der Waals surface area contributed by atoms with Gasteiger partial charge in [-0.25, -0.2) is 0 Å². The van der Waals surface area contributed by atoms with Crippen LogP contribution in [0.15, 0.2) is 24.3 Å². The number of carbonyl (C=O) groups is 1. The van der Waals surface area contributed by atoms with E-state index in [0.29, 0.717) is 19.8 Å². The Bertz CT molecular complexity index is 539. The van der Waals surface area contributed by atoms with Crippen molar-refractivity contribution in [3.05, 3.63) is 35.4 Å². The Kier molecular flexibility index (Phi) is 5.34. The Morgan fingerprint density at radius 3 is 2.78 bits per heavy atom. The van der Waals surface area contributed by atoms with Gasteiger partial charge in [-0.2, -0.15) is 0 Å². The molecule has 2 aliphatic rings. The molecule has 1 N–H and O–H groups in total. The van der Waals surface area contributed by atoms with E-state index in [0.717, 1.165) is 32.2 Å². The number of benzene rings is 1. The van der Waals surface area contributed by atoms with Gasteiger partial charge in [0, 0.05) is 32.2 Å². The third kappa shape index (κ3) is 4.12. The van der Waals surface area contributed by atoms with Crippen LogP contribution < -0.4 is 0 Å². The molecule has 2 heterocycles. The SMILES string of the molecule is Cc1cccc(C[C@H]2CCN(C(=O)C3CCOCC3)C[C@@H]2O)c1. The third-order valence-electron chi connectivity index (χ3n) is 5.18. The van der Waals surface area contributed by atoms with E-state index >= 15 is 0 Å². The molecular formula is C19H27NO3. The number of likely N-dealkylation sites (tertiary alicyclic amines) is 1. The number of nitrogens with zero attached hydrogens (tertiary/aromatic N) is 1. The number of hydrogen-bond acceptors (Lipinski definition) is 3. The van der Waals surface area contributed by atoms with Crippen LogP contribution in [0.25, 0.3) is 0 Å². The van der Waals surface area contributed by atoms with Gasteiger partial charge >= 0.3 is 0 Å². The Balaban J connectivity index is 1.55. The molecule has 1 amide bonds. The van der Waals surface area contributed by atoms with Gasteiger partial charge in [0.1, 0.15) is 0 Å². The number of ether oxygens (including phenoxy) is 1. The summed E-state index contributed by atoms with van der Waals surface area (Å²) < 4.78 is 5.33. The monoisotopic (exact) mass is 317 g/mol. The van der Waals surface area contributed by atoms with E-state index < -0.39 is 6.10 Å². The van der Waals surface area contributed by atoms with Crippen LogP contribution in [0, 0.1) is 18.8 Å². The van der Waals surface area contributed by atoms with Crippen LogP contribution in [0.5, 0.6) is 0 Å². The van der Waals surface area contributed by atoms with Gasteiger partial charge in [0.15, 0.2) is 0 Å². The predicted octanol–water partition coefficient (Wildman–Crippen LogP) is 2.17. The van der Waals surface area contributed by atoms with Crippen molar-refractivity contribution in [3.8, 4) is 0 Å². The van der Waals surface area contributed by atoms with E-state index in [-0.39, 0.29) is 17.7 Å². The largest absolute Gasteiger partial charge is 0.391 e. The maximum atomic E-state index is 12.6. The first kappa shape index (κ1) is 16.5. The molecule has 2 fully saturated rings. The van der Waals surface area contributed by atoms with Crippen LogP contribution in [0.4, 0.5) is 0 Å². The molecular weight excluding hydrogens is 290 g/mol. The summed E-state index contributed by atoms with van der Waals surface area (Å²) in [6.07, 6.45) is 2.98. The number of aryl methyl sites for hydroxylation is 1. The van der Waals surface area contributed by atoms with Crippen molar-refractivity contribution in [1.82, 2.24) is 4.90 Å². The standard InChI is InChI=1S/C19H27NO3/c1-14-3-2-4-15(11-14)12-17-5-8-20(13-18(17)21)19(22)16-6-9-23-10-7-16/h2-4,11,16-18,21H,5-10,12-13H2,1H3/t17-,18+/m1/s1. The second-order valence-electron chi connectivity index (χ2n) is 6.98. The molecule has 126 valence electrons. The minimum absolute atomic E-state index is 0.0873. The van der Waals surface area contributed by atoms with Crippen molar-refractivity contribution < 1.29 is 14.6 Å². The fourth-order valence-corrected chi connectivity index (χ4v) is 3.76. The molecule has 4 heteroatoms. The van der Waals surface area contributed by atoms with Gasteiger partial charge in [0.2, 0.25) is 5.91 Å². The van der Waals surface area contributed by atoms with Gasteiger partial charge in [-0.05, 0) is 44.1 Å². The van der Waals surface area contributed by atoms with E-state index in [2.05, 4.69) is 31.2 Å². The fraction of sp³-hybridized carbons (Fsp3) is 0.632. The lowest BCUT2D eigenvalue weighted by atomic mass is 9.86. The first-order chi connectivity index (χ1) is 11.1. The number of β-amino-alcohol motifs (C(OH)–C–C–N with tert-alkyl or cyclic N) is 1. The van der Waals surface area contributed by atoms with Crippen LogP contribution in [0.3, 0.4) is 0 Å². The quantitative estimate of drug-likeness (QED) is 0.929. The molecule has 0 saturated carbocycles. The average Bonchev–Trinajstić information content (AvgIpc) is 2.57. The molecule has 0 unspecified atom stereocenters. The van der Waals surface area contributed by atoms with Crippen molar-refractivity contribution in [3.63, 3.8) is 0 Å². The highest BCUT2D eigenvalue weighted by atomic mass is 16.5. The van der Waals surface area contributed by atoms with Crippen LogP contribution in [0.1, 0.15) is 30.4 Å². The number of aliphatic hydroxyl groups is 1. The van der Waals surface area contributed by atoms with E-state index in [1.165, 1.54) is 11.1 Å². The number of hydrogen-bond donors (Lipinski definition) is 1. The zero-order chi connectivity index (χ0) is 16.2. The summed E-state index contributed by atoms with van der Waals surface area (Å²) in [5.74, 6) is 0.543. The van der Waals surface area contributed by atoms with Crippen molar-refractivity contribution >= 4 is 5.91 Å². The maximum absolute atomic E-state index is 12.6. The van der Waals surface area contributed by atoms with E-state index in [4.69, 9.17) is 4.74 Å². The summed E-state index contributed by atoms with van der Waals surface area (Å²) in [4.78, 5) is 14.4. The Labute approximate surface area is 138 Å². The molecule has 1 aromatic carbocycles. The summed E-state index contributed by atoms with van der Waals surface area (Å²) in [6, 6.07) is 8.47. The molecule has 23 heavy (non-hydrogen) atoms. The molecule has 0 aliphatic carbocycles. The first-order valence-corrected chi connectivity index (χ1v) is 8.73. The van der Waals surface area contributed by atoms with Gasteiger partial charge in [-0.1, -0.05) is 29.8 Å². The topological polar surface area (TPSA) is 49.8 Å². The van der Waals surface area contributed by atoms with Crippen LogP contribution >= 0.6 is 0 Å². The zero-order valence-electron chi connectivity index (χ0n) is 13.9. The molecule has 3 rings (SSSR count). The molecule has 2 atom stereocenters. The minimum Gasteiger partial charge on any atom is -0.391 e. The Hall–Kier alpha value is -1.39. The molecule has 4 nitrogen and oxygen atoms in total. The molecule has 2 saturated heterocycles. The van der Waals surface area contributed by atoms with Crippen molar-refractivity contribution in [2.45, 2.75) is 38.7 Å². The van der Waals surface area contributed by atoms with Gasteiger partial charge in [0.05, 0.1) is 6.10 Å². The van der Waals surface area contributed by atoms with Crippen molar-refractivity contribution in [2.75, 3.05) is 26.3 Å². The highest BCUT2D eigenvalue weighted by Crippen LogP contribution is 2.25. The lowest BCUT2D eigenvalue weighted by molar-refractivity contribution is -0.143. The number of rotatable bonds is 3. The summed E-state index contributed by atoms with van der Waals surface area (Å²) in [5.41, 5.74) is 2.53. The summed E-state index contributed by atoms with van der Waals surface area (Å²) in [7, 11) is 0. The van der Waals surface area contributed by atoms with Crippen molar-refractivity contribution in [2.24, 2.45) is 11.8 Å². The van der Waals surface area contributed by atoms with Crippen molar-refractivity contribution in [1.29, 1.82) is 0 Å². The van der Waals surface area contributed by atoms with Gasteiger partial charge in [0.25, 0.3) is 0 Å². The lowest BCUT2D eigenvalue weighted by Gasteiger charge is -2.38. The van der Waals surface area contributed by atoms with Crippen LogP contribution in [-0.2, 0) is 16.0 Å². The van der Waals surface area contributed by atoms with E-state index in [9.17, 15) is 9.90 Å². The second-order valence-corrected chi connectivity index (χ2v) is 6.98. The normalized spacial score (nSPS) is 26.3. The van der Waals surface area contributed by atoms with Crippen LogP contribution in [-0.4, -0.2) is 48.3 Å². The molecule has 0 radical (unpaired) electrons. The molecule has 0 bridgehead atoms. The lowest BCUT2D eigenvalue weighted by Crippen LogP contribution is -2.49. The Morgan fingerprint density at radius 2 is 2.09 bits per heavy atom. The molecule has 0 aromatic heterocycles. The number of carbonyl (C=O) groups excluding carboxylic acids is 1. The highest BCUT2D eigenvalue weighted by molar-refractivity contribution is 5.79. The number of amides is 1.